The Balaban J connectivity index is 4.24. The SMILES string of the molecule is CC[Si](CC(F)C(F)F)(OC)OC. The Hall–Kier alpha value is -0.0731. The van der Waals surface area contributed by atoms with Gasteiger partial charge in [-0.05, 0) is 6.04 Å². The summed E-state index contributed by atoms with van der Waals surface area (Å²) >= 11 is 0. The summed E-state index contributed by atoms with van der Waals surface area (Å²) in [5.41, 5.74) is 0. The number of hydrogen-bond donors (Lipinski definition) is 0. The minimum Gasteiger partial charge on any atom is -0.398 e. The number of hydrogen-bond acceptors (Lipinski definition) is 2. The summed E-state index contributed by atoms with van der Waals surface area (Å²) in [5, 5.41) is 0. The van der Waals surface area contributed by atoms with Crippen LogP contribution in [0.3, 0.4) is 0 Å². The van der Waals surface area contributed by atoms with Gasteiger partial charge in [-0.1, -0.05) is 6.92 Å². The summed E-state index contributed by atoms with van der Waals surface area (Å²) in [6, 6.07) is 0.154. The molecule has 0 rings (SSSR count). The summed E-state index contributed by atoms with van der Waals surface area (Å²) in [7, 11) is 0.0466. The standard InChI is InChI=1S/C7H15F3O2Si/c1-4-13(11-2,12-3)5-6(8)7(9)10/h6-7H,4-5H2,1-3H3. The Morgan fingerprint density at radius 2 is 1.62 bits per heavy atom. The van der Waals surface area contributed by atoms with Crippen LogP contribution >= 0.6 is 0 Å². The molecular weight excluding hydrogens is 201 g/mol. The molecule has 1 unspecified atom stereocenters. The first-order valence-electron chi connectivity index (χ1n) is 4.04. The van der Waals surface area contributed by atoms with Crippen LogP contribution in [0.5, 0.6) is 0 Å². The molecule has 0 heterocycles. The molecular formula is C7H15F3O2Si. The van der Waals surface area contributed by atoms with Gasteiger partial charge < -0.3 is 8.85 Å². The lowest BCUT2D eigenvalue weighted by atomic mass is 10.5. The first kappa shape index (κ1) is 12.9. The highest BCUT2D eigenvalue weighted by atomic mass is 28.4. The zero-order chi connectivity index (χ0) is 10.5. The van der Waals surface area contributed by atoms with Crippen molar-refractivity contribution in [1.29, 1.82) is 0 Å². The van der Waals surface area contributed by atoms with Crippen LogP contribution in [0.25, 0.3) is 0 Å². The number of halogens is 3. The highest BCUT2D eigenvalue weighted by molar-refractivity contribution is 6.67. The van der Waals surface area contributed by atoms with E-state index in [-0.39, 0.29) is 6.04 Å². The van der Waals surface area contributed by atoms with Crippen molar-refractivity contribution in [2.45, 2.75) is 31.6 Å². The van der Waals surface area contributed by atoms with E-state index < -0.39 is 21.2 Å². The second kappa shape index (κ2) is 5.61. The lowest BCUT2D eigenvalue weighted by Gasteiger charge is -2.27. The van der Waals surface area contributed by atoms with Gasteiger partial charge >= 0.3 is 8.56 Å². The van der Waals surface area contributed by atoms with Crippen molar-refractivity contribution < 1.29 is 22.0 Å². The maximum atomic E-state index is 12.7. The third-order valence-corrected chi connectivity index (χ3v) is 5.64. The topological polar surface area (TPSA) is 18.5 Å². The second-order valence-electron chi connectivity index (χ2n) is 2.73. The minimum atomic E-state index is -2.95. The molecule has 0 aromatic carbocycles. The van der Waals surface area contributed by atoms with Crippen LogP contribution in [0.15, 0.2) is 0 Å². The van der Waals surface area contributed by atoms with Gasteiger partial charge in [-0.25, -0.2) is 13.2 Å². The van der Waals surface area contributed by atoms with Gasteiger partial charge in [0.15, 0.2) is 6.17 Å². The zero-order valence-corrected chi connectivity index (χ0v) is 9.02. The minimum absolute atomic E-state index is 0.311. The number of alkyl halides is 3. The molecule has 0 amide bonds. The van der Waals surface area contributed by atoms with Crippen molar-refractivity contribution in [2.24, 2.45) is 0 Å². The normalized spacial score (nSPS) is 15.0. The van der Waals surface area contributed by atoms with Gasteiger partial charge in [-0.2, -0.15) is 0 Å². The average Bonchev–Trinajstić information content (AvgIpc) is 2.14. The largest absolute Gasteiger partial charge is 0.398 e. The molecule has 0 saturated heterocycles. The number of rotatable bonds is 6. The fraction of sp³-hybridized carbons (Fsp3) is 1.00. The first-order valence-corrected chi connectivity index (χ1v) is 6.27. The van der Waals surface area contributed by atoms with Crippen molar-refractivity contribution in [1.82, 2.24) is 0 Å². The maximum absolute atomic E-state index is 12.7. The van der Waals surface area contributed by atoms with Crippen LogP contribution in [-0.2, 0) is 8.85 Å². The van der Waals surface area contributed by atoms with Gasteiger partial charge in [0.25, 0.3) is 6.43 Å². The van der Waals surface area contributed by atoms with Crippen LogP contribution in [0.4, 0.5) is 13.2 Å². The molecule has 6 heteroatoms. The molecule has 0 aliphatic heterocycles. The molecule has 1 atom stereocenters. The summed E-state index contributed by atoms with van der Waals surface area (Å²) in [4.78, 5) is 0. The first-order chi connectivity index (χ1) is 6.01. The fourth-order valence-electron chi connectivity index (χ4n) is 1.07. The van der Waals surface area contributed by atoms with Gasteiger partial charge in [-0.15, -0.1) is 0 Å². The molecule has 0 bridgehead atoms. The lowest BCUT2D eigenvalue weighted by molar-refractivity contribution is 0.0531. The molecule has 0 N–H and O–H groups in total. The highest BCUT2D eigenvalue weighted by Crippen LogP contribution is 2.23. The molecule has 0 aromatic rings. The molecule has 0 spiro atoms. The van der Waals surface area contributed by atoms with Gasteiger partial charge in [0.1, 0.15) is 0 Å². The van der Waals surface area contributed by atoms with Gasteiger partial charge in [0.05, 0.1) is 0 Å². The third kappa shape index (κ3) is 3.66. The molecule has 0 radical (unpaired) electrons. The smallest absolute Gasteiger partial charge is 0.340 e. The van der Waals surface area contributed by atoms with E-state index in [9.17, 15) is 13.2 Å². The van der Waals surface area contributed by atoms with Crippen LogP contribution in [0.1, 0.15) is 6.92 Å². The van der Waals surface area contributed by atoms with Crippen molar-refractivity contribution in [3.05, 3.63) is 0 Å². The monoisotopic (exact) mass is 216 g/mol. The molecule has 0 aromatic heterocycles. The van der Waals surface area contributed by atoms with Crippen LogP contribution in [0.2, 0.25) is 12.1 Å². The van der Waals surface area contributed by atoms with E-state index in [0.29, 0.717) is 6.04 Å². The highest BCUT2D eigenvalue weighted by Gasteiger charge is 2.39. The molecule has 80 valence electrons. The summed E-state index contributed by atoms with van der Waals surface area (Å²) in [6.07, 6.45) is -5.10. The Morgan fingerprint density at radius 1 is 1.15 bits per heavy atom. The van der Waals surface area contributed by atoms with E-state index >= 15 is 0 Å². The molecule has 2 nitrogen and oxygen atoms in total. The molecule has 0 aliphatic carbocycles. The van der Waals surface area contributed by atoms with E-state index in [4.69, 9.17) is 8.85 Å². The van der Waals surface area contributed by atoms with Crippen molar-refractivity contribution in [3.8, 4) is 0 Å². The Morgan fingerprint density at radius 3 is 1.85 bits per heavy atom. The molecule has 0 aliphatic rings. The maximum Gasteiger partial charge on any atom is 0.340 e. The molecule has 0 saturated carbocycles. The Bertz CT molecular complexity index is 133. The molecule has 0 fully saturated rings. The Kier molecular flexibility index (Phi) is 5.58. The van der Waals surface area contributed by atoms with E-state index in [1.54, 1.807) is 6.92 Å². The van der Waals surface area contributed by atoms with E-state index in [1.807, 2.05) is 0 Å². The average molecular weight is 216 g/mol. The summed E-state index contributed by atoms with van der Waals surface area (Å²) in [6.45, 7) is 1.75. The van der Waals surface area contributed by atoms with Gasteiger partial charge in [0.2, 0.25) is 0 Å². The van der Waals surface area contributed by atoms with Gasteiger partial charge in [0, 0.05) is 20.3 Å². The van der Waals surface area contributed by atoms with Crippen molar-refractivity contribution in [3.63, 3.8) is 0 Å². The van der Waals surface area contributed by atoms with Crippen LogP contribution in [-0.4, -0.2) is 35.4 Å². The van der Waals surface area contributed by atoms with Crippen LogP contribution < -0.4 is 0 Å². The van der Waals surface area contributed by atoms with E-state index in [2.05, 4.69) is 0 Å². The summed E-state index contributed by atoms with van der Waals surface area (Å²) in [5.74, 6) is 0. The Labute approximate surface area is 77.3 Å². The summed E-state index contributed by atoms with van der Waals surface area (Å²) < 4.78 is 46.5. The fourth-order valence-corrected chi connectivity index (χ4v) is 3.21. The van der Waals surface area contributed by atoms with Crippen molar-refractivity contribution in [2.75, 3.05) is 14.2 Å². The van der Waals surface area contributed by atoms with Gasteiger partial charge in [-0.3, -0.25) is 0 Å². The molecule has 13 heavy (non-hydrogen) atoms. The van der Waals surface area contributed by atoms with E-state index in [1.165, 1.54) is 14.2 Å². The third-order valence-electron chi connectivity index (χ3n) is 2.06. The predicted octanol–water partition coefficient (Wildman–Crippen LogP) is 2.34. The predicted molar refractivity (Wildman–Crippen MR) is 46.0 cm³/mol. The quantitative estimate of drug-likeness (QED) is 0.634. The lowest BCUT2D eigenvalue weighted by Crippen LogP contribution is -2.42. The van der Waals surface area contributed by atoms with Crippen molar-refractivity contribution >= 4 is 8.56 Å². The second-order valence-corrected chi connectivity index (χ2v) is 6.48. The van der Waals surface area contributed by atoms with E-state index in [0.717, 1.165) is 0 Å². The van der Waals surface area contributed by atoms with Crippen LogP contribution in [0, 0.1) is 0 Å². The zero-order valence-electron chi connectivity index (χ0n) is 8.02.